The van der Waals surface area contributed by atoms with Gasteiger partial charge >= 0.3 is 0 Å². The first-order valence-electron chi connectivity index (χ1n) is 6.82. The van der Waals surface area contributed by atoms with Crippen LogP contribution in [-0.4, -0.2) is 38.4 Å². The third-order valence-corrected chi connectivity index (χ3v) is 4.34. The van der Waals surface area contributed by atoms with E-state index in [1.807, 2.05) is 30.4 Å². The highest BCUT2D eigenvalue weighted by molar-refractivity contribution is 7.07. The molecule has 1 atom stereocenters. The summed E-state index contributed by atoms with van der Waals surface area (Å²) in [5, 5.41) is 1.82. The lowest BCUT2D eigenvalue weighted by Crippen LogP contribution is -2.39. The molecule has 106 valence electrons. The molecule has 6 heteroatoms. The number of hydrogen-bond donors (Lipinski definition) is 0. The average molecular weight is 290 g/mol. The van der Waals surface area contributed by atoms with Gasteiger partial charge < -0.3 is 9.47 Å². The Balaban J connectivity index is 1.77. The molecule has 1 aliphatic rings. The van der Waals surface area contributed by atoms with Gasteiger partial charge in [0.15, 0.2) is 0 Å². The maximum atomic E-state index is 12.4. The largest absolute Gasteiger partial charge is 0.337 e. The van der Waals surface area contributed by atoms with E-state index in [1.54, 1.807) is 5.51 Å². The fourth-order valence-electron chi connectivity index (χ4n) is 2.87. The SMILES string of the molecule is Cc1cn(C)c([C@@H]2CCCN(C(=O)c3cscn3)C2)n1. The van der Waals surface area contributed by atoms with Gasteiger partial charge in [0.2, 0.25) is 0 Å². The third kappa shape index (κ3) is 2.47. The van der Waals surface area contributed by atoms with Crippen LogP contribution in [0.1, 0.15) is 40.8 Å². The first-order chi connectivity index (χ1) is 9.65. The van der Waals surface area contributed by atoms with Crippen LogP contribution in [0, 0.1) is 6.92 Å². The van der Waals surface area contributed by atoms with Crippen LogP contribution in [-0.2, 0) is 7.05 Å². The van der Waals surface area contributed by atoms with Crippen LogP contribution in [0.4, 0.5) is 0 Å². The summed E-state index contributed by atoms with van der Waals surface area (Å²) in [6.07, 6.45) is 4.15. The fourth-order valence-corrected chi connectivity index (χ4v) is 3.39. The summed E-state index contributed by atoms with van der Waals surface area (Å²) >= 11 is 1.46. The average Bonchev–Trinajstić information content (AvgIpc) is 3.08. The number of likely N-dealkylation sites (tertiary alicyclic amines) is 1. The zero-order chi connectivity index (χ0) is 14.1. The Hall–Kier alpha value is -1.69. The van der Waals surface area contributed by atoms with E-state index < -0.39 is 0 Å². The summed E-state index contributed by atoms with van der Waals surface area (Å²) in [7, 11) is 2.02. The van der Waals surface area contributed by atoms with E-state index >= 15 is 0 Å². The zero-order valence-corrected chi connectivity index (χ0v) is 12.6. The maximum absolute atomic E-state index is 12.4. The van der Waals surface area contributed by atoms with Crippen molar-refractivity contribution in [1.29, 1.82) is 0 Å². The number of imidazole rings is 1. The quantitative estimate of drug-likeness (QED) is 0.852. The predicted octanol–water partition coefficient (Wildman–Crippen LogP) is 2.20. The van der Waals surface area contributed by atoms with Gasteiger partial charge in [0, 0.05) is 37.6 Å². The van der Waals surface area contributed by atoms with Crippen LogP contribution in [0.2, 0.25) is 0 Å². The summed E-state index contributed by atoms with van der Waals surface area (Å²) in [4.78, 5) is 23.0. The van der Waals surface area contributed by atoms with E-state index in [0.29, 0.717) is 11.6 Å². The molecule has 0 bridgehead atoms. The molecule has 3 heterocycles. The van der Waals surface area contributed by atoms with E-state index in [2.05, 4.69) is 14.5 Å². The second-order valence-electron chi connectivity index (χ2n) is 5.32. The minimum Gasteiger partial charge on any atom is -0.337 e. The van der Waals surface area contributed by atoms with Crippen LogP contribution in [0.5, 0.6) is 0 Å². The normalized spacial score (nSPS) is 19.3. The number of amides is 1. The second-order valence-corrected chi connectivity index (χ2v) is 6.03. The Morgan fingerprint density at radius 1 is 1.50 bits per heavy atom. The molecule has 0 spiro atoms. The Morgan fingerprint density at radius 2 is 2.35 bits per heavy atom. The first-order valence-corrected chi connectivity index (χ1v) is 7.76. The van der Waals surface area contributed by atoms with Gasteiger partial charge in [-0.15, -0.1) is 11.3 Å². The van der Waals surface area contributed by atoms with Crippen LogP contribution >= 0.6 is 11.3 Å². The number of carbonyl (C=O) groups is 1. The molecule has 2 aromatic heterocycles. The molecule has 2 aromatic rings. The van der Waals surface area contributed by atoms with Crippen LogP contribution in [0.25, 0.3) is 0 Å². The molecule has 0 aromatic carbocycles. The van der Waals surface area contributed by atoms with E-state index in [-0.39, 0.29) is 5.91 Å². The van der Waals surface area contributed by atoms with E-state index in [1.165, 1.54) is 11.3 Å². The Bertz CT molecular complexity index is 605. The maximum Gasteiger partial charge on any atom is 0.273 e. The summed E-state index contributed by atoms with van der Waals surface area (Å²) in [6, 6.07) is 0. The lowest BCUT2D eigenvalue weighted by molar-refractivity contribution is 0.0698. The first kappa shape index (κ1) is 13.3. The summed E-state index contributed by atoms with van der Waals surface area (Å²) in [5.41, 5.74) is 3.30. The molecule has 1 fully saturated rings. The van der Waals surface area contributed by atoms with Crippen LogP contribution in [0.15, 0.2) is 17.1 Å². The van der Waals surface area contributed by atoms with Crippen molar-refractivity contribution in [1.82, 2.24) is 19.4 Å². The molecule has 0 saturated carbocycles. The molecule has 5 nitrogen and oxygen atoms in total. The van der Waals surface area contributed by atoms with Crippen LogP contribution < -0.4 is 0 Å². The van der Waals surface area contributed by atoms with Crippen molar-refractivity contribution in [3.05, 3.63) is 34.3 Å². The Labute approximate surface area is 122 Å². The molecule has 0 N–H and O–H groups in total. The molecule has 3 rings (SSSR count). The lowest BCUT2D eigenvalue weighted by atomic mass is 9.97. The zero-order valence-electron chi connectivity index (χ0n) is 11.7. The number of rotatable bonds is 2. The molecular formula is C14H18N4OS. The van der Waals surface area contributed by atoms with Crippen molar-refractivity contribution in [2.45, 2.75) is 25.7 Å². The van der Waals surface area contributed by atoms with Crippen molar-refractivity contribution in [3.8, 4) is 0 Å². The minimum absolute atomic E-state index is 0.0434. The number of thiazole rings is 1. The van der Waals surface area contributed by atoms with Crippen molar-refractivity contribution in [2.75, 3.05) is 13.1 Å². The molecule has 0 unspecified atom stereocenters. The van der Waals surface area contributed by atoms with Gasteiger partial charge in [-0.05, 0) is 19.8 Å². The highest BCUT2D eigenvalue weighted by Crippen LogP contribution is 2.27. The second kappa shape index (κ2) is 5.36. The standard InChI is InChI=1S/C14H18N4OS/c1-10-6-17(2)13(16-10)11-4-3-5-18(7-11)14(19)12-8-20-9-15-12/h6,8-9,11H,3-5,7H2,1-2H3/t11-/m1/s1. The Morgan fingerprint density at radius 3 is 3.00 bits per heavy atom. The fraction of sp³-hybridized carbons (Fsp3) is 0.500. The molecule has 1 amide bonds. The number of carbonyl (C=O) groups excluding carboxylic acids is 1. The van der Waals surface area contributed by atoms with Gasteiger partial charge in [0.05, 0.1) is 11.2 Å². The van der Waals surface area contributed by atoms with Gasteiger partial charge in [-0.25, -0.2) is 9.97 Å². The highest BCUT2D eigenvalue weighted by atomic mass is 32.1. The molecule has 1 saturated heterocycles. The van der Waals surface area contributed by atoms with E-state index in [4.69, 9.17) is 0 Å². The molecule has 1 aliphatic heterocycles. The lowest BCUT2D eigenvalue weighted by Gasteiger charge is -2.32. The van der Waals surface area contributed by atoms with Crippen molar-refractivity contribution in [2.24, 2.45) is 7.05 Å². The van der Waals surface area contributed by atoms with Crippen molar-refractivity contribution < 1.29 is 4.79 Å². The van der Waals surface area contributed by atoms with E-state index in [0.717, 1.165) is 37.4 Å². The summed E-state index contributed by atoms with van der Waals surface area (Å²) in [6.45, 7) is 3.56. The third-order valence-electron chi connectivity index (χ3n) is 3.76. The van der Waals surface area contributed by atoms with Gasteiger partial charge in [0.25, 0.3) is 5.91 Å². The topological polar surface area (TPSA) is 51.0 Å². The summed E-state index contributed by atoms with van der Waals surface area (Å²) in [5.74, 6) is 1.45. The summed E-state index contributed by atoms with van der Waals surface area (Å²) < 4.78 is 2.08. The molecule has 20 heavy (non-hydrogen) atoms. The minimum atomic E-state index is 0.0434. The number of hydrogen-bond acceptors (Lipinski definition) is 4. The van der Waals surface area contributed by atoms with Gasteiger partial charge in [-0.2, -0.15) is 0 Å². The number of aryl methyl sites for hydroxylation is 2. The molecule has 0 aliphatic carbocycles. The van der Waals surface area contributed by atoms with Gasteiger partial charge in [-0.1, -0.05) is 0 Å². The van der Waals surface area contributed by atoms with Gasteiger partial charge in [-0.3, -0.25) is 4.79 Å². The van der Waals surface area contributed by atoms with E-state index in [9.17, 15) is 4.79 Å². The smallest absolute Gasteiger partial charge is 0.273 e. The molecular weight excluding hydrogens is 272 g/mol. The highest BCUT2D eigenvalue weighted by Gasteiger charge is 2.28. The van der Waals surface area contributed by atoms with Crippen LogP contribution in [0.3, 0.4) is 0 Å². The number of piperidine rings is 1. The number of aromatic nitrogens is 3. The Kier molecular flexibility index (Phi) is 3.56. The van der Waals surface area contributed by atoms with Gasteiger partial charge in [0.1, 0.15) is 11.5 Å². The predicted molar refractivity (Wildman–Crippen MR) is 77.9 cm³/mol. The molecule has 0 radical (unpaired) electrons. The van der Waals surface area contributed by atoms with Crippen molar-refractivity contribution in [3.63, 3.8) is 0 Å². The van der Waals surface area contributed by atoms with Crippen molar-refractivity contribution >= 4 is 17.2 Å². The monoisotopic (exact) mass is 290 g/mol. The number of nitrogens with zero attached hydrogens (tertiary/aromatic N) is 4.